The fourth-order valence-electron chi connectivity index (χ4n) is 1.90. The molecule has 0 fully saturated rings. The molecule has 17 heavy (non-hydrogen) atoms. The summed E-state index contributed by atoms with van der Waals surface area (Å²) in [4.78, 5) is 22.7. The van der Waals surface area contributed by atoms with Gasteiger partial charge in [-0.25, -0.2) is 8.78 Å². The number of ketones is 1. The fourth-order valence-corrected chi connectivity index (χ4v) is 2.77. The van der Waals surface area contributed by atoms with Gasteiger partial charge in [-0.15, -0.1) is 0 Å². The number of rotatable bonds is 0. The van der Waals surface area contributed by atoms with Crippen LogP contribution in [0.25, 0.3) is 10.8 Å². The van der Waals surface area contributed by atoms with E-state index >= 15 is 0 Å². The van der Waals surface area contributed by atoms with Crippen molar-refractivity contribution in [3.63, 3.8) is 0 Å². The van der Waals surface area contributed by atoms with E-state index < -0.39 is 22.5 Å². The predicted molar refractivity (Wildman–Crippen MR) is 59.1 cm³/mol. The quantitative estimate of drug-likeness (QED) is 0.674. The molecule has 2 aromatic rings. The molecule has 2 nitrogen and oxygen atoms in total. The van der Waals surface area contributed by atoms with E-state index in [0.717, 1.165) is 0 Å². The molecule has 0 saturated carbocycles. The van der Waals surface area contributed by atoms with E-state index in [4.69, 9.17) is 0 Å². The highest BCUT2D eigenvalue weighted by Crippen LogP contribution is 2.40. The number of thioether (sulfide) groups is 1. The molecule has 0 saturated heterocycles. The Morgan fingerprint density at radius 2 is 1.59 bits per heavy atom. The average Bonchev–Trinajstić information content (AvgIpc) is 2.63. The van der Waals surface area contributed by atoms with Crippen molar-refractivity contribution in [2.75, 3.05) is 0 Å². The molecule has 5 heteroatoms. The van der Waals surface area contributed by atoms with Crippen LogP contribution in [-0.4, -0.2) is 10.9 Å². The smallest absolute Gasteiger partial charge is 0.264 e. The van der Waals surface area contributed by atoms with Crippen LogP contribution in [-0.2, 0) is 4.79 Å². The number of fused-ring (bicyclic) bond motifs is 3. The lowest BCUT2D eigenvalue weighted by Gasteiger charge is -2.05. The van der Waals surface area contributed by atoms with E-state index in [1.54, 1.807) is 12.1 Å². The third-order valence-electron chi connectivity index (χ3n) is 2.66. The Balaban J connectivity index is 2.55. The van der Waals surface area contributed by atoms with E-state index in [1.165, 1.54) is 12.1 Å². The Labute approximate surface area is 98.6 Å². The van der Waals surface area contributed by atoms with Crippen molar-refractivity contribution in [1.82, 2.24) is 0 Å². The molecule has 3 rings (SSSR count). The van der Waals surface area contributed by atoms with Crippen molar-refractivity contribution in [2.24, 2.45) is 0 Å². The fraction of sp³-hybridized carbons (Fsp3) is 0. The van der Waals surface area contributed by atoms with Crippen molar-refractivity contribution in [3.8, 4) is 0 Å². The first-order chi connectivity index (χ1) is 8.11. The lowest BCUT2D eigenvalue weighted by molar-refractivity contribution is -0.107. The van der Waals surface area contributed by atoms with Crippen LogP contribution in [0.4, 0.5) is 8.78 Å². The van der Waals surface area contributed by atoms with Crippen molar-refractivity contribution in [1.29, 1.82) is 0 Å². The Hall–Kier alpha value is -1.75. The van der Waals surface area contributed by atoms with Gasteiger partial charge in [0.25, 0.3) is 5.12 Å². The lowest BCUT2D eigenvalue weighted by Crippen LogP contribution is -2.04. The van der Waals surface area contributed by atoms with Crippen LogP contribution in [0.3, 0.4) is 0 Å². The molecule has 0 atom stereocenters. The first-order valence-corrected chi connectivity index (χ1v) is 5.59. The topological polar surface area (TPSA) is 34.1 Å². The molecule has 1 aliphatic heterocycles. The number of carbonyl (C=O) groups excluding carboxylic acids is 2. The van der Waals surface area contributed by atoms with E-state index in [1.807, 2.05) is 0 Å². The highest BCUT2D eigenvalue weighted by Gasteiger charge is 2.35. The molecule has 0 bridgehead atoms. The zero-order valence-electron chi connectivity index (χ0n) is 8.29. The van der Waals surface area contributed by atoms with Gasteiger partial charge in [-0.1, -0.05) is 24.3 Å². The summed E-state index contributed by atoms with van der Waals surface area (Å²) in [5, 5.41) is -0.466. The standard InChI is InChI=1S/C12H4F2O2S/c13-8-6-4-2-1-3-5(6)7-10(15)12(16)17-11(7)9(8)14/h1-4H. The molecule has 0 radical (unpaired) electrons. The zero-order valence-corrected chi connectivity index (χ0v) is 9.11. The molecule has 0 amide bonds. The molecule has 84 valence electrons. The average molecular weight is 250 g/mol. The second-order valence-corrected chi connectivity index (χ2v) is 4.58. The summed E-state index contributed by atoms with van der Waals surface area (Å²) in [5.41, 5.74) is -0.0190. The molecule has 1 aliphatic rings. The zero-order chi connectivity index (χ0) is 12.2. The first kappa shape index (κ1) is 10.4. The molecule has 0 aromatic heterocycles. The van der Waals surface area contributed by atoms with Gasteiger partial charge in [0.2, 0.25) is 5.78 Å². The van der Waals surface area contributed by atoms with Gasteiger partial charge in [0.1, 0.15) is 0 Å². The van der Waals surface area contributed by atoms with Crippen LogP contribution >= 0.6 is 11.8 Å². The highest BCUT2D eigenvalue weighted by molar-refractivity contribution is 8.16. The minimum Gasteiger partial charge on any atom is -0.284 e. The summed E-state index contributed by atoms with van der Waals surface area (Å²) in [5.74, 6) is -2.91. The molecule has 0 aliphatic carbocycles. The molecule has 0 spiro atoms. The van der Waals surface area contributed by atoms with Gasteiger partial charge in [0, 0.05) is 5.39 Å². The van der Waals surface area contributed by atoms with Gasteiger partial charge < -0.3 is 0 Å². The van der Waals surface area contributed by atoms with Crippen LogP contribution in [0.2, 0.25) is 0 Å². The Kier molecular flexibility index (Phi) is 2.06. The minimum absolute atomic E-state index is 0.0190. The van der Waals surface area contributed by atoms with Gasteiger partial charge in [-0.3, -0.25) is 9.59 Å². The Bertz CT molecular complexity index is 694. The maximum atomic E-state index is 13.7. The van der Waals surface area contributed by atoms with Crippen LogP contribution in [0, 0.1) is 11.6 Å². The Morgan fingerprint density at radius 3 is 2.29 bits per heavy atom. The van der Waals surface area contributed by atoms with E-state index in [0.29, 0.717) is 11.8 Å². The minimum atomic E-state index is -1.12. The highest BCUT2D eigenvalue weighted by atomic mass is 32.2. The van der Waals surface area contributed by atoms with Crippen LogP contribution < -0.4 is 0 Å². The summed E-state index contributed by atoms with van der Waals surface area (Å²) in [7, 11) is 0. The Morgan fingerprint density at radius 1 is 0.941 bits per heavy atom. The van der Waals surface area contributed by atoms with Crippen molar-refractivity contribution in [2.45, 2.75) is 4.90 Å². The number of benzene rings is 2. The monoisotopic (exact) mass is 250 g/mol. The summed E-state index contributed by atoms with van der Waals surface area (Å²) in [6, 6.07) is 6.05. The third-order valence-corrected chi connectivity index (χ3v) is 3.62. The lowest BCUT2D eigenvalue weighted by atomic mass is 10.0. The second kappa shape index (κ2) is 3.37. The van der Waals surface area contributed by atoms with Crippen molar-refractivity contribution < 1.29 is 18.4 Å². The summed E-state index contributed by atoms with van der Waals surface area (Å²) in [6.45, 7) is 0. The summed E-state index contributed by atoms with van der Waals surface area (Å²) >= 11 is 0.451. The molecule has 0 N–H and O–H groups in total. The van der Waals surface area contributed by atoms with Crippen LogP contribution in [0.5, 0.6) is 0 Å². The third kappa shape index (κ3) is 1.26. The second-order valence-electron chi connectivity index (χ2n) is 3.60. The van der Waals surface area contributed by atoms with Gasteiger partial charge in [0.05, 0.1) is 10.5 Å². The normalized spacial score (nSPS) is 14.5. The largest absolute Gasteiger partial charge is 0.284 e. The number of carbonyl (C=O) groups is 2. The van der Waals surface area contributed by atoms with E-state index in [9.17, 15) is 18.4 Å². The van der Waals surface area contributed by atoms with Crippen LogP contribution in [0.1, 0.15) is 10.4 Å². The van der Waals surface area contributed by atoms with Crippen LogP contribution in [0.15, 0.2) is 29.2 Å². The van der Waals surface area contributed by atoms with Crippen molar-refractivity contribution >= 4 is 33.4 Å². The maximum absolute atomic E-state index is 13.7. The van der Waals surface area contributed by atoms with Crippen molar-refractivity contribution in [3.05, 3.63) is 41.5 Å². The molecule has 0 unspecified atom stereocenters. The summed E-state index contributed by atoms with van der Waals surface area (Å²) < 4.78 is 27.4. The number of hydrogen-bond acceptors (Lipinski definition) is 3. The van der Waals surface area contributed by atoms with Gasteiger partial charge in [-0.2, -0.15) is 0 Å². The molecular weight excluding hydrogens is 246 g/mol. The SMILES string of the molecule is O=C1Sc2c(F)c(F)c3ccccc3c2C1=O. The van der Waals surface area contributed by atoms with Gasteiger partial charge in [0.15, 0.2) is 11.6 Å². The predicted octanol–water partition coefficient (Wildman–Crippen LogP) is 2.93. The number of Topliss-reactive ketones (excluding diaryl/α,β-unsaturated/α-hetero) is 1. The van der Waals surface area contributed by atoms with E-state index in [-0.39, 0.29) is 21.2 Å². The maximum Gasteiger partial charge on any atom is 0.264 e. The molecular formula is C12H4F2O2S. The van der Waals surface area contributed by atoms with E-state index in [2.05, 4.69) is 0 Å². The van der Waals surface area contributed by atoms with Gasteiger partial charge in [-0.05, 0) is 17.1 Å². The number of halogens is 2. The molecule has 2 aromatic carbocycles. The summed E-state index contributed by atoms with van der Waals surface area (Å²) in [6.07, 6.45) is 0. The first-order valence-electron chi connectivity index (χ1n) is 4.77. The molecule has 1 heterocycles. The van der Waals surface area contributed by atoms with Gasteiger partial charge >= 0.3 is 0 Å². The number of hydrogen-bond donors (Lipinski definition) is 0.